The fourth-order valence-electron chi connectivity index (χ4n) is 2.65. The Labute approximate surface area is 177 Å². The minimum atomic E-state index is -0.476. The SMILES string of the molecule is CCc1cccc(NC(=O)COC(=O)CSc2nnc(-c3cccs3)n2CC)c1. The first-order chi connectivity index (χ1) is 14.1. The maximum Gasteiger partial charge on any atom is 0.316 e. The molecule has 0 saturated heterocycles. The van der Waals surface area contributed by atoms with Gasteiger partial charge in [0.25, 0.3) is 5.91 Å². The van der Waals surface area contributed by atoms with E-state index in [9.17, 15) is 9.59 Å². The van der Waals surface area contributed by atoms with E-state index in [0.29, 0.717) is 17.4 Å². The number of amides is 1. The van der Waals surface area contributed by atoms with E-state index in [2.05, 4.69) is 15.5 Å². The van der Waals surface area contributed by atoms with Crippen molar-refractivity contribution in [3.63, 3.8) is 0 Å². The van der Waals surface area contributed by atoms with E-state index in [4.69, 9.17) is 4.74 Å². The summed E-state index contributed by atoms with van der Waals surface area (Å²) in [6.07, 6.45) is 0.881. The Morgan fingerprint density at radius 2 is 2.07 bits per heavy atom. The van der Waals surface area contributed by atoms with Crippen LogP contribution in [0.1, 0.15) is 19.4 Å². The number of esters is 1. The summed E-state index contributed by atoms with van der Waals surface area (Å²) in [6.45, 7) is 4.41. The second-order valence-corrected chi connectivity index (χ2v) is 7.97. The van der Waals surface area contributed by atoms with Crippen molar-refractivity contribution in [2.75, 3.05) is 17.7 Å². The van der Waals surface area contributed by atoms with E-state index >= 15 is 0 Å². The first-order valence-electron chi connectivity index (χ1n) is 9.25. The molecule has 2 heterocycles. The predicted octanol–water partition coefficient (Wildman–Crippen LogP) is 3.86. The summed E-state index contributed by atoms with van der Waals surface area (Å²) in [5.41, 5.74) is 1.81. The Balaban J connectivity index is 1.48. The van der Waals surface area contributed by atoms with Crippen LogP contribution in [0.4, 0.5) is 5.69 Å². The van der Waals surface area contributed by atoms with Gasteiger partial charge in [-0.3, -0.25) is 9.59 Å². The molecule has 7 nitrogen and oxygen atoms in total. The molecule has 3 rings (SSSR count). The summed E-state index contributed by atoms with van der Waals surface area (Å²) < 4.78 is 7.04. The molecule has 2 aromatic heterocycles. The number of aromatic nitrogens is 3. The van der Waals surface area contributed by atoms with Gasteiger partial charge in [0.2, 0.25) is 0 Å². The third kappa shape index (κ3) is 5.68. The van der Waals surface area contributed by atoms with Gasteiger partial charge in [-0.25, -0.2) is 0 Å². The molecule has 3 aromatic rings. The van der Waals surface area contributed by atoms with Crippen LogP contribution in [0.3, 0.4) is 0 Å². The number of hydrogen-bond donors (Lipinski definition) is 1. The fraction of sp³-hybridized carbons (Fsp3) is 0.300. The summed E-state index contributed by atoms with van der Waals surface area (Å²) in [6, 6.07) is 11.5. The monoisotopic (exact) mass is 430 g/mol. The number of carbonyl (C=O) groups is 2. The van der Waals surface area contributed by atoms with Gasteiger partial charge in [0, 0.05) is 12.2 Å². The van der Waals surface area contributed by atoms with Crippen LogP contribution in [0, 0.1) is 0 Å². The average molecular weight is 431 g/mol. The lowest BCUT2D eigenvalue weighted by Gasteiger charge is -2.08. The molecule has 152 valence electrons. The highest BCUT2D eigenvalue weighted by Gasteiger charge is 2.16. The molecule has 0 aliphatic carbocycles. The predicted molar refractivity (Wildman–Crippen MR) is 115 cm³/mol. The Bertz CT molecular complexity index is 970. The van der Waals surface area contributed by atoms with Crippen LogP contribution in [0.25, 0.3) is 10.7 Å². The molecular weight excluding hydrogens is 408 g/mol. The van der Waals surface area contributed by atoms with E-state index in [1.54, 1.807) is 17.4 Å². The molecule has 9 heteroatoms. The topological polar surface area (TPSA) is 86.1 Å². The van der Waals surface area contributed by atoms with Crippen LogP contribution in [0.15, 0.2) is 46.9 Å². The first kappa shape index (κ1) is 21.1. The number of hydrogen-bond acceptors (Lipinski definition) is 7. The van der Waals surface area contributed by atoms with Crippen molar-refractivity contribution < 1.29 is 14.3 Å². The second-order valence-electron chi connectivity index (χ2n) is 6.08. The van der Waals surface area contributed by atoms with Gasteiger partial charge < -0.3 is 14.6 Å². The van der Waals surface area contributed by atoms with Crippen LogP contribution in [0.5, 0.6) is 0 Å². The van der Waals surface area contributed by atoms with E-state index in [-0.39, 0.29) is 18.3 Å². The van der Waals surface area contributed by atoms with E-state index < -0.39 is 5.97 Å². The number of thiophene rings is 1. The quantitative estimate of drug-likeness (QED) is 0.410. The summed E-state index contributed by atoms with van der Waals surface area (Å²) in [5, 5.41) is 13.8. The van der Waals surface area contributed by atoms with Crippen molar-refractivity contribution in [2.45, 2.75) is 32.0 Å². The highest BCUT2D eigenvalue weighted by molar-refractivity contribution is 7.99. The zero-order valence-corrected chi connectivity index (χ0v) is 17.9. The van der Waals surface area contributed by atoms with Gasteiger partial charge in [0.1, 0.15) is 0 Å². The van der Waals surface area contributed by atoms with Crippen LogP contribution < -0.4 is 5.32 Å². The van der Waals surface area contributed by atoms with Gasteiger partial charge in [-0.2, -0.15) is 0 Å². The number of anilines is 1. The highest BCUT2D eigenvalue weighted by atomic mass is 32.2. The minimum Gasteiger partial charge on any atom is -0.455 e. The van der Waals surface area contributed by atoms with Crippen molar-refractivity contribution in [2.24, 2.45) is 0 Å². The summed E-state index contributed by atoms with van der Waals surface area (Å²) in [7, 11) is 0. The van der Waals surface area contributed by atoms with Crippen molar-refractivity contribution in [1.82, 2.24) is 14.8 Å². The molecule has 0 fully saturated rings. The Hall–Kier alpha value is -2.65. The second kappa shape index (κ2) is 10.2. The molecule has 29 heavy (non-hydrogen) atoms. The number of benzene rings is 1. The van der Waals surface area contributed by atoms with Crippen LogP contribution in [-0.2, 0) is 27.3 Å². The van der Waals surface area contributed by atoms with Crippen LogP contribution in [-0.4, -0.2) is 39.0 Å². The van der Waals surface area contributed by atoms with E-state index in [1.165, 1.54) is 11.8 Å². The maximum absolute atomic E-state index is 12.0. The Morgan fingerprint density at radius 3 is 2.79 bits per heavy atom. The molecule has 1 amide bonds. The molecule has 1 N–H and O–H groups in total. The van der Waals surface area contributed by atoms with Crippen molar-refractivity contribution in [3.05, 3.63) is 47.3 Å². The van der Waals surface area contributed by atoms with Gasteiger partial charge in [-0.05, 0) is 42.5 Å². The van der Waals surface area contributed by atoms with Gasteiger partial charge in [0.05, 0.1) is 10.6 Å². The zero-order valence-electron chi connectivity index (χ0n) is 16.3. The standard InChI is InChI=1S/C20H22N4O3S2/c1-3-14-7-5-8-15(11-14)21-17(25)12-27-18(26)13-29-20-23-22-19(24(20)4-2)16-9-6-10-28-16/h5-11H,3-4,12-13H2,1-2H3,(H,21,25). The number of aryl methyl sites for hydroxylation is 1. The lowest BCUT2D eigenvalue weighted by molar-refractivity contribution is -0.144. The molecule has 0 bridgehead atoms. The number of ether oxygens (including phenoxy) is 1. The molecule has 0 atom stereocenters. The summed E-state index contributed by atoms with van der Waals surface area (Å²) in [4.78, 5) is 25.1. The fourth-order valence-corrected chi connectivity index (χ4v) is 4.16. The Kier molecular flexibility index (Phi) is 7.42. The maximum atomic E-state index is 12.0. The van der Waals surface area contributed by atoms with Crippen molar-refractivity contribution >= 4 is 40.7 Å². The minimum absolute atomic E-state index is 0.0567. The number of carbonyl (C=O) groups excluding carboxylic acids is 2. The first-order valence-corrected chi connectivity index (χ1v) is 11.1. The lowest BCUT2D eigenvalue weighted by atomic mass is 10.1. The van der Waals surface area contributed by atoms with Crippen LogP contribution >= 0.6 is 23.1 Å². The van der Waals surface area contributed by atoms with Gasteiger partial charge in [-0.15, -0.1) is 21.5 Å². The molecule has 0 unspecified atom stereocenters. The number of thioether (sulfide) groups is 1. The lowest BCUT2D eigenvalue weighted by Crippen LogP contribution is -2.21. The van der Waals surface area contributed by atoms with Gasteiger partial charge in [-0.1, -0.05) is 36.9 Å². The van der Waals surface area contributed by atoms with Crippen LogP contribution in [0.2, 0.25) is 0 Å². The van der Waals surface area contributed by atoms with Crippen molar-refractivity contribution in [1.29, 1.82) is 0 Å². The van der Waals surface area contributed by atoms with Gasteiger partial charge in [0.15, 0.2) is 17.6 Å². The smallest absolute Gasteiger partial charge is 0.316 e. The summed E-state index contributed by atoms with van der Waals surface area (Å²) >= 11 is 2.83. The van der Waals surface area contributed by atoms with E-state index in [0.717, 1.165) is 22.7 Å². The normalized spacial score (nSPS) is 10.7. The van der Waals surface area contributed by atoms with Gasteiger partial charge >= 0.3 is 5.97 Å². The van der Waals surface area contributed by atoms with Crippen molar-refractivity contribution in [3.8, 4) is 10.7 Å². The number of nitrogens with zero attached hydrogens (tertiary/aromatic N) is 3. The highest BCUT2D eigenvalue weighted by Crippen LogP contribution is 2.27. The Morgan fingerprint density at radius 1 is 1.21 bits per heavy atom. The molecule has 1 aromatic carbocycles. The number of nitrogens with one attached hydrogen (secondary N) is 1. The molecular formula is C20H22N4O3S2. The third-order valence-corrected chi connectivity index (χ3v) is 5.88. The summed E-state index contributed by atoms with van der Waals surface area (Å²) in [5.74, 6) is -0.00240. The third-order valence-electron chi connectivity index (χ3n) is 4.08. The molecule has 0 saturated carbocycles. The number of rotatable bonds is 9. The molecule has 0 radical (unpaired) electrons. The average Bonchev–Trinajstić information content (AvgIpc) is 3.40. The molecule has 0 aliphatic heterocycles. The molecule has 0 spiro atoms. The molecule has 0 aliphatic rings. The zero-order chi connectivity index (χ0) is 20.6. The van der Waals surface area contributed by atoms with E-state index in [1.807, 2.05) is 54.1 Å². The largest absolute Gasteiger partial charge is 0.455 e.